The number of methoxy groups -OCH3 is 1. The number of amides is 2. The summed E-state index contributed by atoms with van der Waals surface area (Å²) >= 11 is 0. The molecular weight excluding hydrogens is 433 g/mol. The van der Waals surface area contributed by atoms with Gasteiger partial charge in [-0.15, -0.1) is 6.58 Å². The van der Waals surface area contributed by atoms with E-state index in [2.05, 4.69) is 16.8 Å². The fourth-order valence-corrected chi connectivity index (χ4v) is 4.25. The number of urea groups is 1. The highest BCUT2D eigenvalue weighted by Crippen LogP contribution is 2.30. The van der Waals surface area contributed by atoms with E-state index in [1.54, 1.807) is 25.1 Å². The van der Waals surface area contributed by atoms with Crippen LogP contribution >= 0.6 is 0 Å². The number of nitrogens with one attached hydrogen (secondary N) is 1. The number of halogens is 1. The highest BCUT2D eigenvalue weighted by molar-refractivity contribution is 5.74. The second kappa shape index (κ2) is 10.5. The maximum Gasteiger partial charge on any atom is 0.317 e. The molecule has 0 radical (unpaired) electrons. The van der Waals surface area contributed by atoms with Crippen LogP contribution in [0.1, 0.15) is 22.5 Å². The molecule has 3 aromatic rings. The van der Waals surface area contributed by atoms with Gasteiger partial charge in [0.15, 0.2) is 0 Å². The van der Waals surface area contributed by atoms with Gasteiger partial charge in [0.1, 0.15) is 17.3 Å². The average molecular weight is 464 g/mol. The van der Waals surface area contributed by atoms with Gasteiger partial charge < -0.3 is 15.0 Å². The Morgan fingerprint density at radius 2 is 2.03 bits per heavy atom. The zero-order chi connectivity index (χ0) is 24.1. The van der Waals surface area contributed by atoms with Crippen molar-refractivity contribution < 1.29 is 13.9 Å². The number of rotatable bonds is 8. The lowest BCUT2D eigenvalue weighted by atomic mass is 10.0. The summed E-state index contributed by atoms with van der Waals surface area (Å²) in [7, 11) is 3.41. The van der Waals surface area contributed by atoms with Crippen LogP contribution in [0.15, 0.2) is 61.2 Å². The van der Waals surface area contributed by atoms with Gasteiger partial charge in [0.25, 0.3) is 0 Å². The summed E-state index contributed by atoms with van der Waals surface area (Å²) < 4.78 is 20.9. The van der Waals surface area contributed by atoms with Gasteiger partial charge in [-0.1, -0.05) is 30.3 Å². The van der Waals surface area contributed by atoms with E-state index >= 15 is 0 Å². The van der Waals surface area contributed by atoms with Crippen molar-refractivity contribution in [3.05, 3.63) is 89.5 Å². The molecule has 34 heavy (non-hydrogen) atoms. The Balaban J connectivity index is 1.65. The van der Waals surface area contributed by atoms with Crippen molar-refractivity contribution in [2.45, 2.75) is 26.1 Å². The zero-order valence-electron chi connectivity index (χ0n) is 19.6. The van der Waals surface area contributed by atoms with Crippen LogP contribution in [0, 0.1) is 5.82 Å². The molecule has 2 amide bonds. The van der Waals surface area contributed by atoms with E-state index in [-0.39, 0.29) is 11.8 Å². The van der Waals surface area contributed by atoms with Crippen LogP contribution in [0.4, 0.5) is 9.18 Å². The molecular formula is C26H30FN5O2. The monoisotopic (exact) mass is 463 g/mol. The Morgan fingerprint density at radius 1 is 1.26 bits per heavy atom. The lowest BCUT2D eigenvalue weighted by molar-refractivity contribution is 0.206. The van der Waals surface area contributed by atoms with Gasteiger partial charge >= 0.3 is 6.03 Å². The Hall–Kier alpha value is -3.65. The summed E-state index contributed by atoms with van der Waals surface area (Å²) in [6.07, 6.45) is 2.45. The molecule has 2 aromatic carbocycles. The molecule has 7 nitrogen and oxygen atoms in total. The lowest BCUT2D eigenvalue weighted by Crippen LogP contribution is -2.37. The Bertz CT molecular complexity index is 1160. The van der Waals surface area contributed by atoms with E-state index in [0.717, 1.165) is 46.9 Å². The zero-order valence-corrected chi connectivity index (χ0v) is 19.6. The third-order valence-electron chi connectivity index (χ3n) is 5.98. The minimum Gasteiger partial charge on any atom is -0.494 e. The summed E-state index contributed by atoms with van der Waals surface area (Å²) in [5.41, 5.74) is 5.01. The van der Waals surface area contributed by atoms with Crippen LogP contribution in [-0.2, 0) is 26.1 Å². The van der Waals surface area contributed by atoms with Crippen molar-refractivity contribution in [3.8, 4) is 11.4 Å². The summed E-state index contributed by atoms with van der Waals surface area (Å²) in [5.74, 6) is 0.507. The predicted octanol–water partition coefficient (Wildman–Crippen LogP) is 3.91. The fourth-order valence-electron chi connectivity index (χ4n) is 4.25. The molecule has 0 saturated heterocycles. The molecule has 0 bridgehead atoms. The number of carbonyl (C=O) groups is 1. The van der Waals surface area contributed by atoms with Gasteiger partial charge in [0, 0.05) is 45.2 Å². The first kappa shape index (κ1) is 23.5. The summed E-state index contributed by atoms with van der Waals surface area (Å²) in [4.78, 5) is 16.4. The first-order valence-electron chi connectivity index (χ1n) is 11.3. The first-order valence-corrected chi connectivity index (χ1v) is 11.3. The van der Waals surface area contributed by atoms with E-state index in [0.29, 0.717) is 26.2 Å². The number of ether oxygens (including phenoxy) is 1. The second-order valence-corrected chi connectivity index (χ2v) is 8.37. The Labute approximate surface area is 199 Å². The lowest BCUT2D eigenvalue weighted by Gasteiger charge is -2.28. The summed E-state index contributed by atoms with van der Waals surface area (Å²) in [6, 6.07) is 14.2. The standard InChI is InChI=1S/C26H30FN5O2/c1-4-14-28-26(33)30(2)18-22-21-17-31(16-19-9-11-20(27)12-10-19)15-13-23(21)32(29-22)24-7-5-6-8-25(24)34-3/h4-12H,1,13-18H2,2-3H3,(H,28,33). The average Bonchev–Trinajstić information content (AvgIpc) is 3.21. The second-order valence-electron chi connectivity index (χ2n) is 8.37. The minimum absolute atomic E-state index is 0.181. The quantitative estimate of drug-likeness (QED) is 0.515. The molecule has 0 saturated carbocycles. The summed E-state index contributed by atoms with van der Waals surface area (Å²) in [6.45, 7) is 6.68. The number of benzene rings is 2. The molecule has 8 heteroatoms. The molecule has 1 aliphatic rings. The normalized spacial score (nSPS) is 13.3. The van der Waals surface area contributed by atoms with Gasteiger partial charge in [0.05, 0.1) is 25.0 Å². The molecule has 178 valence electrons. The molecule has 2 heterocycles. The van der Waals surface area contributed by atoms with E-state index in [9.17, 15) is 9.18 Å². The van der Waals surface area contributed by atoms with E-state index in [1.807, 2.05) is 41.1 Å². The van der Waals surface area contributed by atoms with Crippen LogP contribution in [0.25, 0.3) is 5.69 Å². The highest BCUT2D eigenvalue weighted by Gasteiger charge is 2.27. The molecule has 0 unspecified atom stereocenters. The molecule has 0 fully saturated rings. The van der Waals surface area contributed by atoms with E-state index < -0.39 is 0 Å². The Morgan fingerprint density at radius 3 is 2.76 bits per heavy atom. The van der Waals surface area contributed by atoms with Crippen LogP contribution in [0.3, 0.4) is 0 Å². The molecule has 1 aromatic heterocycles. The van der Waals surface area contributed by atoms with E-state index in [4.69, 9.17) is 9.84 Å². The largest absolute Gasteiger partial charge is 0.494 e. The molecule has 0 aliphatic carbocycles. The van der Waals surface area contributed by atoms with E-state index in [1.165, 1.54) is 12.1 Å². The Kier molecular flexibility index (Phi) is 7.27. The number of nitrogens with zero attached hydrogens (tertiary/aromatic N) is 4. The van der Waals surface area contributed by atoms with Crippen molar-refractivity contribution in [3.63, 3.8) is 0 Å². The summed E-state index contributed by atoms with van der Waals surface area (Å²) in [5, 5.41) is 7.75. The number of aromatic nitrogens is 2. The maximum absolute atomic E-state index is 13.3. The number of fused-ring (bicyclic) bond motifs is 1. The highest BCUT2D eigenvalue weighted by atomic mass is 19.1. The van der Waals surface area contributed by atoms with Crippen LogP contribution in [0.2, 0.25) is 0 Å². The van der Waals surface area contributed by atoms with Crippen molar-refractivity contribution in [1.82, 2.24) is 24.9 Å². The number of carbonyl (C=O) groups excluding carboxylic acids is 1. The maximum atomic E-state index is 13.3. The third-order valence-corrected chi connectivity index (χ3v) is 5.98. The van der Waals surface area contributed by atoms with Crippen molar-refractivity contribution >= 4 is 6.03 Å². The molecule has 0 spiro atoms. The first-order chi connectivity index (χ1) is 16.5. The third kappa shape index (κ3) is 5.12. The molecule has 1 N–H and O–H groups in total. The number of para-hydroxylation sites is 2. The SMILES string of the molecule is C=CCNC(=O)N(C)Cc1nn(-c2ccccc2OC)c2c1CN(Cc1ccc(F)cc1)CC2. The fraction of sp³-hybridized carbons (Fsp3) is 0.308. The van der Waals surface area contributed by atoms with Gasteiger partial charge in [-0.05, 0) is 29.8 Å². The van der Waals surface area contributed by atoms with Crippen molar-refractivity contribution in [2.75, 3.05) is 27.2 Å². The van der Waals surface area contributed by atoms with Gasteiger partial charge in [-0.3, -0.25) is 4.90 Å². The minimum atomic E-state index is -0.234. The molecule has 0 atom stereocenters. The van der Waals surface area contributed by atoms with Crippen LogP contribution < -0.4 is 10.1 Å². The number of hydrogen-bond donors (Lipinski definition) is 1. The number of hydrogen-bond acceptors (Lipinski definition) is 4. The topological polar surface area (TPSA) is 62.6 Å². The van der Waals surface area contributed by atoms with Crippen LogP contribution in [0.5, 0.6) is 5.75 Å². The van der Waals surface area contributed by atoms with Gasteiger partial charge in [-0.25, -0.2) is 13.9 Å². The van der Waals surface area contributed by atoms with Crippen molar-refractivity contribution in [1.29, 1.82) is 0 Å². The molecule has 4 rings (SSSR count). The van der Waals surface area contributed by atoms with Crippen molar-refractivity contribution in [2.24, 2.45) is 0 Å². The van der Waals surface area contributed by atoms with Gasteiger partial charge in [-0.2, -0.15) is 5.10 Å². The smallest absolute Gasteiger partial charge is 0.317 e. The predicted molar refractivity (Wildman–Crippen MR) is 129 cm³/mol. The van der Waals surface area contributed by atoms with Crippen LogP contribution in [-0.4, -0.2) is 52.9 Å². The van der Waals surface area contributed by atoms with Gasteiger partial charge in [0.2, 0.25) is 0 Å². The molecule has 1 aliphatic heterocycles.